The first-order valence-electron chi connectivity index (χ1n) is 7.56. The quantitative estimate of drug-likeness (QED) is 0.376. The molecule has 1 heteroatoms. The lowest BCUT2D eigenvalue weighted by molar-refractivity contribution is 0.622. The van der Waals surface area contributed by atoms with E-state index in [1.807, 2.05) is 0 Å². The molecule has 0 atom stereocenters. The van der Waals surface area contributed by atoms with Gasteiger partial charge in [-0.3, -0.25) is 0 Å². The van der Waals surface area contributed by atoms with Gasteiger partial charge in [0.05, 0.1) is 0 Å². The fourth-order valence-corrected chi connectivity index (χ4v) is 1.76. The minimum absolute atomic E-state index is 0.847. The largest absolute Gasteiger partial charge is 0.330 e. The highest BCUT2D eigenvalue weighted by atomic mass is 14.5. The summed E-state index contributed by atoms with van der Waals surface area (Å²) in [5.41, 5.74) is 5.45. The van der Waals surface area contributed by atoms with Gasteiger partial charge in [-0.05, 0) is 45.1 Å². The number of rotatable bonds is 12. The van der Waals surface area contributed by atoms with Gasteiger partial charge in [-0.15, -0.1) is 0 Å². The van der Waals surface area contributed by atoms with Gasteiger partial charge >= 0.3 is 0 Å². The molecule has 0 fully saturated rings. The van der Waals surface area contributed by atoms with Crippen molar-refractivity contribution in [2.75, 3.05) is 6.54 Å². The maximum Gasteiger partial charge on any atom is -0.00773 e. The minimum Gasteiger partial charge on any atom is -0.330 e. The van der Waals surface area contributed by atoms with Gasteiger partial charge in [-0.25, -0.2) is 0 Å². The molecule has 0 radical (unpaired) electrons. The molecule has 0 aromatic heterocycles. The number of unbranched alkanes of at least 4 members (excludes halogenated alkanes) is 5. The molecule has 0 rings (SSSR count). The Morgan fingerprint density at radius 1 is 0.667 bits per heavy atom. The van der Waals surface area contributed by atoms with E-state index in [0.29, 0.717) is 0 Å². The molecule has 0 amide bonds. The normalized spacial score (nSPS) is 12.3. The van der Waals surface area contributed by atoms with Crippen LogP contribution in [-0.2, 0) is 0 Å². The standard InChI is InChI=1S/C17H31N/c1-2-3-4-5-6-7-8-9-10-11-12-13-14-15-16-17-18/h3-4,6-7,9-10H,2,5,8,11-18H2,1H3. The molecule has 1 nitrogen and oxygen atoms in total. The molecule has 2 N–H and O–H groups in total. The van der Waals surface area contributed by atoms with Crippen LogP contribution in [0.15, 0.2) is 36.5 Å². The molecule has 18 heavy (non-hydrogen) atoms. The summed E-state index contributed by atoms with van der Waals surface area (Å²) in [5, 5.41) is 0. The van der Waals surface area contributed by atoms with Gasteiger partial charge in [0.25, 0.3) is 0 Å². The van der Waals surface area contributed by atoms with Gasteiger partial charge in [0.2, 0.25) is 0 Å². The zero-order valence-electron chi connectivity index (χ0n) is 12.1. The van der Waals surface area contributed by atoms with Crippen molar-refractivity contribution >= 4 is 0 Å². The van der Waals surface area contributed by atoms with Crippen LogP contribution in [0.1, 0.15) is 64.7 Å². The van der Waals surface area contributed by atoms with Crippen LogP contribution in [0.25, 0.3) is 0 Å². The Hall–Kier alpha value is -0.820. The maximum atomic E-state index is 5.45. The second kappa shape index (κ2) is 16.2. The lowest BCUT2D eigenvalue weighted by Gasteiger charge is -1.97. The number of hydrogen-bond acceptors (Lipinski definition) is 1. The number of hydrogen-bond donors (Lipinski definition) is 1. The van der Waals surface area contributed by atoms with Crippen molar-refractivity contribution < 1.29 is 0 Å². The summed E-state index contributed by atoms with van der Waals surface area (Å²) >= 11 is 0. The van der Waals surface area contributed by atoms with E-state index in [1.54, 1.807) is 0 Å². The molecule has 0 unspecified atom stereocenters. The van der Waals surface area contributed by atoms with E-state index in [0.717, 1.165) is 25.8 Å². The van der Waals surface area contributed by atoms with Crippen LogP contribution in [0.3, 0.4) is 0 Å². The Morgan fingerprint density at radius 2 is 1.22 bits per heavy atom. The van der Waals surface area contributed by atoms with Crippen molar-refractivity contribution in [3.63, 3.8) is 0 Å². The second-order valence-electron chi connectivity index (χ2n) is 4.64. The lowest BCUT2D eigenvalue weighted by Crippen LogP contribution is -1.97. The Kier molecular flexibility index (Phi) is 15.4. The van der Waals surface area contributed by atoms with Gasteiger partial charge in [-0.1, -0.05) is 62.6 Å². The van der Waals surface area contributed by atoms with Crippen molar-refractivity contribution in [3.05, 3.63) is 36.5 Å². The summed E-state index contributed by atoms with van der Waals surface area (Å²) in [6.07, 6.45) is 24.5. The summed E-state index contributed by atoms with van der Waals surface area (Å²) in [6, 6.07) is 0. The third-order valence-electron chi connectivity index (χ3n) is 2.85. The average Bonchev–Trinajstić information content (AvgIpc) is 2.39. The average molecular weight is 249 g/mol. The molecule has 0 spiro atoms. The fraction of sp³-hybridized carbons (Fsp3) is 0.647. The fourth-order valence-electron chi connectivity index (χ4n) is 1.76. The highest BCUT2D eigenvalue weighted by molar-refractivity contribution is 4.96. The molecular formula is C17H31N. The van der Waals surface area contributed by atoms with E-state index in [9.17, 15) is 0 Å². The summed E-state index contributed by atoms with van der Waals surface area (Å²) < 4.78 is 0. The smallest absolute Gasteiger partial charge is 0.00773 e. The number of allylic oxidation sites excluding steroid dienone is 6. The highest BCUT2D eigenvalue weighted by Crippen LogP contribution is 2.05. The lowest BCUT2D eigenvalue weighted by atomic mass is 10.1. The van der Waals surface area contributed by atoms with Crippen molar-refractivity contribution in [2.24, 2.45) is 5.73 Å². The van der Waals surface area contributed by atoms with Crippen LogP contribution >= 0.6 is 0 Å². The van der Waals surface area contributed by atoms with E-state index in [-0.39, 0.29) is 0 Å². The Morgan fingerprint density at radius 3 is 1.89 bits per heavy atom. The SMILES string of the molecule is CCC=CCC=CCC=CCCCCCCCN. The van der Waals surface area contributed by atoms with Crippen LogP contribution in [0, 0.1) is 0 Å². The van der Waals surface area contributed by atoms with Gasteiger partial charge < -0.3 is 5.73 Å². The van der Waals surface area contributed by atoms with Crippen LogP contribution < -0.4 is 5.73 Å². The van der Waals surface area contributed by atoms with E-state index in [4.69, 9.17) is 5.73 Å². The van der Waals surface area contributed by atoms with Crippen LogP contribution in [0.4, 0.5) is 0 Å². The summed E-state index contributed by atoms with van der Waals surface area (Å²) in [6.45, 7) is 3.01. The molecule has 0 bridgehead atoms. The van der Waals surface area contributed by atoms with Crippen LogP contribution in [-0.4, -0.2) is 6.54 Å². The Bertz CT molecular complexity index is 226. The third-order valence-corrected chi connectivity index (χ3v) is 2.85. The van der Waals surface area contributed by atoms with E-state index < -0.39 is 0 Å². The van der Waals surface area contributed by atoms with Crippen LogP contribution in [0.5, 0.6) is 0 Å². The zero-order chi connectivity index (χ0) is 13.3. The molecule has 0 aromatic rings. The van der Waals surface area contributed by atoms with E-state index >= 15 is 0 Å². The first-order chi connectivity index (χ1) is 8.91. The zero-order valence-corrected chi connectivity index (χ0v) is 12.1. The van der Waals surface area contributed by atoms with Gasteiger partial charge in [-0.2, -0.15) is 0 Å². The van der Waals surface area contributed by atoms with Crippen molar-refractivity contribution in [1.82, 2.24) is 0 Å². The predicted molar refractivity (Wildman–Crippen MR) is 83.7 cm³/mol. The summed E-state index contributed by atoms with van der Waals surface area (Å²) in [4.78, 5) is 0. The van der Waals surface area contributed by atoms with Gasteiger partial charge in [0, 0.05) is 0 Å². The van der Waals surface area contributed by atoms with Crippen molar-refractivity contribution in [3.8, 4) is 0 Å². The predicted octanol–water partition coefficient (Wildman–Crippen LogP) is 5.14. The molecule has 0 aromatic carbocycles. The molecule has 0 saturated carbocycles. The van der Waals surface area contributed by atoms with Gasteiger partial charge in [0.1, 0.15) is 0 Å². The number of nitrogens with two attached hydrogens (primary N) is 1. The molecule has 0 saturated heterocycles. The molecule has 0 heterocycles. The Labute approximate surface area is 114 Å². The highest BCUT2D eigenvalue weighted by Gasteiger charge is 1.87. The van der Waals surface area contributed by atoms with E-state index in [1.165, 1.54) is 38.5 Å². The monoisotopic (exact) mass is 249 g/mol. The van der Waals surface area contributed by atoms with Crippen molar-refractivity contribution in [1.29, 1.82) is 0 Å². The molecule has 0 aliphatic heterocycles. The molecule has 0 aliphatic rings. The van der Waals surface area contributed by atoms with E-state index in [2.05, 4.69) is 43.4 Å². The molecular weight excluding hydrogens is 218 g/mol. The minimum atomic E-state index is 0.847. The molecule has 0 aliphatic carbocycles. The second-order valence-corrected chi connectivity index (χ2v) is 4.64. The first-order valence-corrected chi connectivity index (χ1v) is 7.56. The summed E-state index contributed by atoms with van der Waals surface area (Å²) in [5.74, 6) is 0. The summed E-state index contributed by atoms with van der Waals surface area (Å²) in [7, 11) is 0. The first kappa shape index (κ1) is 17.2. The third kappa shape index (κ3) is 15.2. The van der Waals surface area contributed by atoms with Crippen LogP contribution in [0.2, 0.25) is 0 Å². The Balaban J connectivity index is 3.20. The van der Waals surface area contributed by atoms with Crippen molar-refractivity contribution in [2.45, 2.75) is 64.7 Å². The maximum absolute atomic E-state index is 5.45. The molecule has 104 valence electrons. The van der Waals surface area contributed by atoms with Gasteiger partial charge in [0.15, 0.2) is 0 Å². The topological polar surface area (TPSA) is 26.0 Å².